The van der Waals surface area contributed by atoms with E-state index in [4.69, 9.17) is 0 Å². The maximum Gasteiger partial charge on any atom is 0.252 e. The van der Waals surface area contributed by atoms with E-state index in [0.29, 0.717) is 6.04 Å². The number of carbonyl (C=O) groups excluding carboxylic acids is 1. The standard InChI is InChI=1S/C12H11NOS.2ClH/c14-12(13-8-4-5-8)10-2-1-3-11-9(10)6-7-15-11;;/h1-3,6-8H,4-5H2,(H,13,14);2*1H. The van der Waals surface area contributed by atoms with Crippen molar-refractivity contribution in [2.45, 2.75) is 18.9 Å². The first-order chi connectivity index (χ1) is 7.34. The molecule has 0 atom stereocenters. The van der Waals surface area contributed by atoms with Crippen molar-refractivity contribution in [2.75, 3.05) is 0 Å². The number of rotatable bonds is 2. The van der Waals surface area contributed by atoms with Gasteiger partial charge in [-0.25, -0.2) is 0 Å². The number of halogens is 2. The predicted octanol–water partition coefficient (Wildman–Crippen LogP) is 3.64. The molecule has 1 aliphatic carbocycles. The second-order valence-corrected chi connectivity index (χ2v) is 4.83. The highest BCUT2D eigenvalue weighted by Crippen LogP contribution is 2.25. The minimum atomic E-state index is 0. The summed E-state index contributed by atoms with van der Waals surface area (Å²) in [5.41, 5.74) is 0.806. The molecule has 1 N–H and O–H groups in total. The number of hydrogen-bond acceptors (Lipinski definition) is 2. The van der Waals surface area contributed by atoms with Gasteiger partial charge in [-0.05, 0) is 36.4 Å². The van der Waals surface area contributed by atoms with Crippen LogP contribution in [-0.4, -0.2) is 11.9 Å². The SMILES string of the molecule is Cl.Cl.O=C(NC1CC1)c1cccc2sccc12. The average molecular weight is 290 g/mol. The molecular formula is C12H13Cl2NOS. The molecule has 1 amide bonds. The number of hydrogen-bond donors (Lipinski definition) is 1. The third-order valence-electron chi connectivity index (χ3n) is 2.65. The summed E-state index contributed by atoms with van der Waals surface area (Å²) in [6, 6.07) is 8.33. The first kappa shape index (κ1) is 14.3. The summed E-state index contributed by atoms with van der Waals surface area (Å²) in [6.45, 7) is 0. The molecule has 92 valence electrons. The Balaban J connectivity index is 0.000000722. The Labute approximate surface area is 116 Å². The molecule has 1 fully saturated rings. The lowest BCUT2D eigenvalue weighted by atomic mass is 10.1. The zero-order valence-electron chi connectivity index (χ0n) is 9.01. The predicted molar refractivity (Wildman–Crippen MR) is 76.8 cm³/mol. The topological polar surface area (TPSA) is 29.1 Å². The highest BCUT2D eigenvalue weighted by molar-refractivity contribution is 7.17. The fourth-order valence-electron chi connectivity index (χ4n) is 1.68. The molecule has 0 bridgehead atoms. The van der Waals surface area contributed by atoms with Gasteiger partial charge in [0, 0.05) is 21.7 Å². The highest BCUT2D eigenvalue weighted by atomic mass is 35.5. The average Bonchev–Trinajstić information content (AvgIpc) is 2.93. The van der Waals surface area contributed by atoms with Crippen molar-refractivity contribution in [2.24, 2.45) is 0 Å². The molecule has 17 heavy (non-hydrogen) atoms. The molecule has 1 aromatic heterocycles. The Morgan fingerprint density at radius 3 is 2.71 bits per heavy atom. The fourth-order valence-corrected chi connectivity index (χ4v) is 2.50. The molecule has 0 unspecified atom stereocenters. The van der Waals surface area contributed by atoms with Gasteiger partial charge in [0.05, 0.1) is 0 Å². The van der Waals surface area contributed by atoms with E-state index in [9.17, 15) is 4.79 Å². The van der Waals surface area contributed by atoms with E-state index in [1.54, 1.807) is 11.3 Å². The molecule has 3 rings (SSSR count). The zero-order valence-corrected chi connectivity index (χ0v) is 11.5. The monoisotopic (exact) mass is 289 g/mol. The van der Waals surface area contributed by atoms with Crippen molar-refractivity contribution >= 4 is 52.1 Å². The van der Waals surface area contributed by atoms with Crippen molar-refractivity contribution in [1.29, 1.82) is 0 Å². The molecule has 5 heteroatoms. The molecule has 1 saturated carbocycles. The maximum atomic E-state index is 11.9. The molecule has 0 spiro atoms. The van der Waals surface area contributed by atoms with E-state index in [2.05, 4.69) is 5.32 Å². The molecule has 0 radical (unpaired) electrons. The minimum Gasteiger partial charge on any atom is -0.349 e. The summed E-state index contributed by atoms with van der Waals surface area (Å²) in [4.78, 5) is 11.9. The van der Waals surface area contributed by atoms with Gasteiger partial charge in [-0.3, -0.25) is 4.79 Å². The number of carbonyl (C=O) groups is 1. The van der Waals surface area contributed by atoms with Crippen molar-refractivity contribution in [3.8, 4) is 0 Å². The molecule has 0 saturated heterocycles. The Morgan fingerprint density at radius 1 is 1.24 bits per heavy atom. The van der Waals surface area contributed by atoms with Gasteiger partial charge < -0.3 is 5.32 Å². The molecule has 1 heterocycles. The van der Waals surface area contributed by atoms with E-state index < -0.39 is 0 Å². The van der Waals surface area contributed by atoms with Crippen LogP contribution in [0.5, 0.6) is 0 Å². The summed E-state index contributed by atoms with van der Waals surface area (Å²) in [5, 5.41) is 6.11. The lowest BCUT2D eigenvalue weighted by Crippen LogP contribution is -2.25. The zero-order chi connectivity index (χ0) is 10.3. The summed E-state index contributed by atoms with van der Waals surface area (Å²) in [7, 11) is 0. The van der Waals surface area contributed by atoms with Crippen LogP contribution in [0.2, 0.25) is 0 Å². The normalized spacial score (nSPS) is 13.6. The Morgan fingerprint density at radius 2 is 2.00 bits per heavy atom. The van der Waals surface area contributed by atoms with E-state index in [1.807, 2.05) is 29.6 Å². The molecule has 1 aliphatic rings. The summed E-state index contributed by atoms with van der Waals surface area (Å²) in [5.74, 6) is 0.0708. The number of fused-ring (bicyclic) bond motifs is 1. The molecule has 1 aromatic carbocycles. The largest absolute Gasteiger partial charge is 0.349 e. The lowest BCUT2D eigenvalue weighted by molar-refractivity contribution is 0.0953. The van der Waals surface area contributed by atoms with Crippen LogP contribution in [-0.2, 0) is 0 Å². The molecular weight excluding hydrogens is 277 g/mol. The van der Waals surface area contributed by atoms with Crippen molar-refractivity contribution < 1.29 is 4.79 Å². The van der Waals surface area contributed by atoms with Crippen molar-refractivity contribution in [3.63, 3.8) is 0 Å². The van der Waals surface area contributed by atoms with Gasteiger partial charge in [0.2, 0.25) is 0 Å². The van der Waals surface area contributed by atoms with Gasteiger partial charge in [0.1, 0.15) is 0 Å². The maximum absolute atomic E-state index is 11.9. The summed E-state index contributed by atoms with van der Waals surface area (Å²) in [6.07, 6.45) is 2.26. The van der Waals surface area contributed by atoms with E-state index in [-0.39, 0.29) is 30.7 Å². The first-order valence-electron chi connectivity index (χ1n) is 5.12. The van der Waals surface area contributed by atoms with Crippen LogP contribution in [0.3, 0.4) is 0 Å². The second-order valence-electron chi connectivity index (χ2n) is 3.89. The van der Waals surface area contributed by atoms with Gasteiger partial charge in [-0.2, -0.15) is 0 Å². The number of nitrogens with one attached hydrogen (secondary N) is 1. The van der Waals surface area contributed by atoms with Gasteiger partial charge in [-0.1, -0.05) is 6.07 Å². The smallest absolute Gasteiger partial charge is 0.252 e. The molecule has 2 aromatic rings. The second kappa shape index (κ2) is 5.71. The van der Waals surface area contributed by atoms with Crippen LogP contribution in [0.4, 0.5) is 0 Å². The summed E-state index contributed by atoms with van der Waals surface area (Å²) >= 11 is 1.67. The van der Waals surface area contributed by atoms with Gasteiger partial charge >= 0.3 is 0 Å². The van der Waals surface area contributed by atoms with Crippen molar-refractivity contribution in [3.05, 3.63) is 35.2 Å². The van der Waals surface area contributed by atoms with Crippen molar-refractivity contribution in [1.82, 2.24) is 5.32 Å². The number of thiophene rings is 1. The quantitative estimate of drug-likeness (QED) is 0.899. The molecule has 2 nitrogen and oxygen atoms in total. The third kappa shape index (κ3) is 2.92. The summed E-state index contributed by atoms with van der Waals surface area (Å²) < 4.78 is 1.18. The van der Waals surface area contributed by atoms with Crippen LogP contribution in [0.15, 0.2) is 29.6 Å². The van der Waals surface area contributed by atoms with Crippen LogP contribution < -0.4 is 5.32 Å². The minimum absolute atomic E-state index is 0. The Bertz CT molecular complexity index is 522. The van der Waals surface area contributed by atoms with E-state index in [0.717, 1.165) is 23.8 Å². The number of amides is 1. The van der Waals surface area contributed by atoms with Gasteiger partial charge in [0.15, 0.2) is 0 Å². The van der Waals surface area contributed by atoms with E-state index in [1.165, 1.54) is 4.70 Å². The van der Waals surface area contributed by atoms with Gasteiger partial charge in [0.25, 0.3) is 5.91 Å². The highest BCUT2D eigenvalue weighted by Gasteiger charge is 2.24. The fraction of sp³-hybridized carbons (Fsp3) is 0.250. The Kier molecular flexibility index (Phi) is 4.80. The number of benzene rings is 1. The third-order valence-corrected chi connectivity index (χ3v) is 3.54. The van der Waals surface area contributed by atoms with E-state index >= 15 is 0 Å². The van der Waals surface area contributed by atoms with Crippen LogP contribution >= 0.6 is 36.2 Å². The first-order valence-corrected chi connectivity index (χ1v) is 5.99. The molecule has 0 aliphatic heterocycles. The van der Waals surface area contributed by atoms with Crippen LogP contribution in [0.25, 0.3) is 10.1 Å². The lowest BCUT2D eigenvalue weighted by Gasteiger charge is -2.04. The van der Waals surface area contributed by atoms with Gasteiger partial charge in [-0.15, -0.1) is 36.2 Å². The van der Waals surface area contributed by atoms with Crippen LogP contribution in [0.1, 0.15) is 23.2 Å². The Hall–Kier alpha value is -0.770. The van der Waals surface area contributed by atoms with Crippen LogP contribution in [0, 0.1) is 0 Å².